The highest BCUT2D eigenvalue weighted by Crippen LogP contribution is 2.27. The summed E-state index contributed by atoms with van der Waals surface area (Å²) < 4.78 is 7.21. The van der Waals surface area contributed by atoms with E-state index >= 15 is 0 Å². The van der Waals surface area contributed by atoms with Gasteiger partial charge in [0.2, 0.25) is 0 Å². The Morgan fingerprint density at radius 1 is 1.15 bits per heavy atom. The van der Waals surface area contributed by atoms with Gasteiger partial charge in [-0.05, 0) is 53.8 Å². The van der Waals surface area contributed by atoms with E-state index in [9.17, 15) is 0 Å². The minimum Gasteiger partial charge on any atom is -0.457 e. The molecule has 0 spiro atoms. The number of ether oxygens (including phenoxy) is 1. The van der Waals surface area contributed by atoms with Crippen LogP contribution in [0.5, 0.6) is 11.5 Å². The molecule has 0 heterocycles. The Morgan fingerprint density at radius 3 is 2.65 bits per heavy atom. The number of benzene rings is 2. The first kappa shape index (κ1) is 15.3. The first-order valence-electron chi connectivity index (χ1n) is 6.81. The molecule has 20 heavy (non-hydrogen) atoms. The molecule has 0 unspecified atom stereocenters. The van der Waals surface area contributed by atoms with Gasteiger partial charge in [-0.25, -0.2) is 0 Å². The Hall–Kier alpha value is -1.07. The van der Waals surface area contributed by atoms with Gasteiger partial charge in [0.05, 0.1) is 0 Å². The van der Waals surface area contributed by atoms with E-state index in [4.69, 9.17) is 4.74 Å². The zero-order valence-electron chi connectivity index (χ0n) is 12.1. The number of hydrogen-bond acceptors (Lipinski definition) is 2. The lowest BCUT2D eigenvalue weighted by atomic mass is 10.1. The van der Waals surface area contributed by atoms with Gasteiger partial charge in [-0.2, -0.15) is 0 Å². The van der Waals surface area contributed by atoms with Crippen molar-refractivity contribution in [3.8, 4) is 11.5 Å². The van der Waals surface area contributed by atoms with Gasteiger partial charge in [-0.3, -0.25) is 0 Å². The number of hydrogen-bond donors (Lipinski definition) is 1. The van der Waals surface area contributed by atoms with Crippen molar-refractivity contribution in [2.24, 2.45) is 0 Å². The van der Waals surface area contributed by atoms with Crippen molar-refractivity contribution in [1.82, 2.24) is 5.32 Å². The van der Waals surface area contributed by atoms with Crippen LogP contribution in [0.3, 0.4) is 0 Å². The summed E-state index contributed by atoms with van der Waals surface area (Å²) in [7, 11) is 0. The van der Waals surface area contributed by atoms with Crippen molar-refractivity contribution in [2.75, 3.05) is 0 Å². The molecule has 1 N–H and O–H groups in total. The van der Waals surface area contributed by atoms with Gasteiger partial charge in [-0.15, -0.1) is 0 Å². The minimum absolute atomic E-state index is 0.459. The van der Waals surface area contributed by atoms with E-state index in [-0.39, 0.29) is 0 Å². The van der Waals surface area contributed by atoms with Crippen LogP contribution in [-0.2, 0) is 6.54 Å². The van der Waals surface area contributed by atoms with Gasteiger partial charge >= 0.3 is 0 Å². The van der Waals surface area contributed by atoms with Gasteiger partial charge in [0, 0.05) is 21.7 Å². The van der Waals surface area contributed by atoms with Crippen LogP contribution in [0, 0.1) is 10.5 Å². The Morgan fingerprint density at radius 2 is 1.95 bits per heavy atom. The number of rotatable bonds is 5. The zero-order valence-corrected chi connectivity index (χ0v) is 14.3. The van der Waals surface area contributed by atoms with Gasteiger partial charge in [-0.1, -0.05) is 37.6 Å². The van der Waals surface area contributed by atoms with Crippen LogP contribution in [0.1, 0.15) is 25.0 Å². The van der Waals surface area contributed by atoms with Crippen LogP contribution in [0.2, 0.25) is 0 Å². The monoisotopic (exact) mass is 381 g/mol. The quantitative estimate of drug-likeness (QED) is 0.745. The van der Waals surface area contributed by atoms with Crippen LogP contribution in [0.15, 0.2) is 42.5 Å². The van der Waals surface area contributed by atoms with Crippen LogP contribution in [-0.4, -0.2) is 6.04 Å². The van der Waals surface area contributed by atoms with Crippen LogP contribution in [0.4, 0.5) is 0 Å². The average Bonchev–Trinajstić information content (AvgIpc) is 2.39. The van der Waals surface area contributed by atoms with Gasteiger partial charge in [0.1, 0.15) is 11.5 Å². The first-order valence-corrected chi connectivity index (χ1v) is 7.89. The maximum atomic E-state index is 6.03. The number of halogens is 1. The summed E-state index contributed by atoms with van der Waals surface area (Å²) >= 11 is 2.30. The fourth-order valence-electron chi connectivity index (χ4n) is 1.92. The van der Waals surface area contributed by atoms with E-state index in [1.54, 1.807) is 0 Å². The van der Waals surface area contributed by atoms with Crippen LogP contribution >= 0.6 is 22.6 Å². The summed E-state index contributed by atoms with van der Waals surface area (Å²) in [6, 6.07) is 14.9. The molecule has 0 aliphatic heterocycles. The number of nitrogens with one attached hydrogen (secondary N) is 1. The largest absolute Gasteiger partial charge is 0.457 e. The fraction of sp³-hybridized carbons (Fsp3) is 0.294. The van der Waals surface area contributed by atoms with Crippen molar-refractivity contribution < 1.29 is 4.74 Å². The van der Waals surface area contributed by atoms with Crippen molar-refractivity contribution in [2.45, 2.75) is 33.4 Å². The smallest absolute Gasteiger partial charge is 0.131 e. The highest BCUT2D eigenvalue weighted by atomic mass is 127. The molecule has 2 aromatic rings. The third-order valence-electron chi connectivity index (χ3n) is 2.94. The fourth-order valence-corrected chi connectivity index (χ4v) is 2.43. The topological polar surface area (TPSA) is 21.3 Å². The molecule has 0 saturated heterocycles. The zero-order chi connectivity index (χ0) is 14.5. The lowest BCUT2D eigenvalue weighted by Crippen LogP contribution is -2.22. The van der Waals surface area contributed by atoms with E-state index in [1.165, 1.54) is 14.7 Å². The second kappa shape index (κ2) is 7.09. The molecule has 106 valence electrons. The molecule has 2 nitrogen and oxygen atoms in total. The van der Waals surface area contributed by atoms with E-state index in [1.807, 2.05) is 24.3 Å². The summed E-state index contributed by atoms with van der Waals surface area (Å²) in [4.78, 5) is 0. The summed E-state index contributed by atoms with van der Waals surface area (Å²) in [5.74, 6) is 1.80. The summed E-state index contributed by atoms with van der Waals surface area (Å²) in [6.45, 7) is 7.22. The SMILES string of the molecule is Cc1ccc(Oc2cccc(I)c2)c(CNC(C)C)c1. The average molecular weight is 381 g/mol. The van der Waals surface area contributed by atoms with Gasteiger partial charge in [0.15, 0.2) is 0 Å². The summed E-state index contributed by atoms with van der Waals surface area (Å²) in [5.41, 5.74) is 2.44. The molecule has 0 saturated carbocycles. The molecule has 0 amide bonds. The van der Waals surface area contributed by atoms with E-state index in [0.29, 0.717) is 6.04 Å². The standard InChI is InChI=1S/C17H20INO/c1-12(2)19-11-14-9-13(3)7-8-17(14)20-16-6-4-5-15(18)10-16/h4-10,12,19H,11H2,1-3H3. The third-order valence-corrected chi connectivity index (χ3v) is 3.61. The summed E-state index contributed by atoms with van der Waals surface area (Å²) in [6.07, 6.45) is 0. The predicted molar refractivity (Wildman–Crippen MR) is 92.4 cm³/mol. The van der Waals surface area contributed by atoms with Crippen molar-refractivity contribution in [1.29, 1.82) is 0 Å². The summed E-state index contributed by atoms with van der Waals surface area (Å²) in [5, 5.41) is 3.45. The highest BCUT2D eigenvalue weighted by molar-refractivity contribution is 14.1. The van der Waals surface area contributed by atoms with Crippen molar-refractivity contribution >= 4 is 22.6 Å². The van der Waals surface area contributed by atoms with E-state index < -0.39 is 0 Å². The molecular formula is C17H20INO. The van der Waals surface area contributed by atoms with E-state index in [0.717, 1.165) is 18.0 Å². The Labute approximate surface area is 134 Å². The molecule has 0 aromatic heterocycles. The normalized spacial score (nSPS) is 10.8. The Kier molecular flexibility index (Phi) is 5.43. The minimum atomic E-state index is 0.459. The molecule has 2 aromatic carbocycles. The maximum absolute atomic E-state index is 6.03. The Bertz CT molecular complexity index is 581. The first-order chi connectivity index (χ1) is 9.54. The molecule has 0 aliphatic rings. The highest BCUT2D eigenvalue weighted by Gasteiger charge is 2.06. The lowest BCUT2D eigenvalue weighted by molar-refractivity contribution is 0.469. The predicted octanol–water partition coefficient (Wildman–Crippen LogP) is 4.89. The maximum Gasteiger partial charge on any atom is 0.131 e. The van der Waals surface area contributed by atoms with Crippen LogP contribution < -0.4 is 10.1 Å². The molecule has 0 bridgehead atoms. The molecule has 0 radical (unpaired) electrons. The van der Waals surface area contributed by atoms with Gasteiger partial charge < -0.3 is 10.1 Å². The Balaban J connectivity index is 2.21. The second-order valence-electron chi connectivity index (χ2n) is 5.21. The third kappa shape index (κ3) is 4.49. The molecule has 3 heteroatoms. The molecular weight excluding hydrogens is 361 g/mol. The van der Waals surface area contributed by atoms with Crippen molar-refractivity contribution in [3.05, 3.63) is 57.2 Å². The lowest BCUT2D eigenvalue weighted by Gasteiger charge is -2.14. The van der Waals surface area contributed by atoms with Crippen molar-refractivity contribution in [3.63, 3.8) is 0 Å². The molecule has 2 rings (SSSR count). The molecule has 0 atom stereocenters. The van der Waals surface area contributed by atoms with Crippen LogP contribution in [0.25, 0.3) is 0 Å². The van der Waals surface area contributed by atoms with E-state index in [2.05, 4.69) is 66.9 Å². The molecule has 0 fully saturated rings. The van der Waals surface area contributed by atoms with Gasteiger partial charge in [0.25, 0.3) is 0 Å². The second-order valence-corrected chi connectivity index (χ2v) is 6.45. The molecule has 0 aliphatic carbocycles. The number of aryl methyl sites for hydroxylation is 1.